The molecule has 1 aromatic carbocycles. The van der Waals surface area contributed by atoms with E-state index in [4.69, 9.17) is 5.73 Å². The van der Waals surface area contributed by atoms with Crippen molar-refractivity contribution in [3.05, 3.63) is 29.3 Å². The number of nitrogens with two attached hydrogens (primary N) is 1. The summed E-state index contributed by atoms with van der Waals surface area (Å²) in [5.41, 5.74) is 8.42. The average Bonchev–Trinajstić information content (AvgIpc) is 2.83. The van der Waals surface area contributed by atoms with E-state index < -0.39 is 11.9 Å². The molecule has 0 aliphatic heterocycles. The van der Waals surface area contributed by atoms with Gasteiger partial charge in [-0.15, -0.1) is 0 Å². The molecule has 3 N–H and O–H groups in total. The third-order valence-electron chi connectivity index (χ3n) is 4.08. The standard InChI is InChI=1S/C15H21NO2/c1-10-5-4-8-12(14(10)16)13(15(17)18)9-11-6-2-3-7-11/h4-5,8,11,13H,2-3,6-7,9,16H2,1H3,(H,17,18). The van der Waals surface area contributed by atoms with Crippen molar-refractivity contribution >= 4 is 11.7 Å². The molecule has 2 rings (SSSR count). The summed E-state index contributed by atoms with van der Waals surface area (Å²) in [6.45, 7) is 1.92. The number of rotatable bonds is 4. The highest BCUT2D eigenvalue weighted by Gasteiger charge is 2.27. The zero-order chi connectivity index (χ0) is 13.1. The molecule has 1 unspecified atom stereocenters. The molecule has 0 aromatic heterocycles. The number of aliphatic carboxylic acids is 1. The Labute approximate surface area is 108 Å². The summed E-state index contributed by atoms with van der Waals surface area (Å²) in [4.78, 5) is 11.5. The predicted molar refractivity (Wildman–Crippen MR) is 72.5 cm³/mol. The van der Waals surface area contributed by atoms with Crippen LogP contribution >= 0.6 is 0 Å². The van der Waals surface area contributed by atoms with Crippen molar-refractivity contribution in [1.29, 1.82) is 0 Å². The molecule has 1 saturated carbocycles. The van der Waals surface area contributed by atoms with Gasteiger partial charge in [-0.05, 0) is 30.4 Å². The van der Waals surface area contributed by atoms with Gasteiger partial charge in [0.1, 0.15) is 0 Å². The minimum Gasteiger partial charge on any atom is -0.481 e. The molecule has 1 aromatic rings. The van der Waals surface area contributed by atoms with E-state index in [-0.39, 0.29) is 0 Å². The van der Waals surface area contributed by atoms with Crippen LogP contribution in [0, 0.1) is 12.8 Å². The minimum absolute atomic E-state index is 0.451. The second-order valence-electron chi connectivity index (χ2n) is 5.35. The Morgan fingerprint density at radius 1 is 1.44 bits per heavy atom. The fourth-order valence-electron chi connectivity index (χ4n) is 2.95. The van der Waals surface area contributed by atoms with Gasteiger partial charge < -0.3 is 10.8 Å². The van der Waals surface area contributed by atoms with Crippen molar-refractivity contribution in [3.63, 3.8) is 0 Å². The fourth-order valence-corrected chi connectivity index (χ4v) is 2.95. The van der Waals surface area contributed by atoms with Crippen molar-refractivity contribution in [2.24, 2.45) is 5.92 Å². The van der Waals surface area contributed by atoms with Crippen LogP contribution in [0.1, 0.15) is 49.1 Å². The van der Waals surface area contributed by atoms with Gasteiger partial charge in [0.2, 0.25) is 0 Å². The molecular weight excluding hydrogens is 226 g/mol. The number of carboxylic acid groups (broad SMARTS) is 1. The van der Waals surface area contributed by atoms with Crippen LogP contribution in [-0.2, 0) is 4.79 Å². The van der Waals surface area contributed by atoms with Gasteiger partial charge in [0, 0.05) is 5.69 Å². The largest absolute Gasteiger partial charge is 0.481 e. The Hall–Kier alpha value is -1.51. The van der Waals surface area contributed by atoms with Crippen LogP contribution in [0.4, 0.5) is 5.69 Å². The number of anilines is 1. The molecule has 0 heterocycles. The fraction of sp³-hybridized carbons (Fsp3) is 0.533. The molecule has 0 saturated heterocycles. The molecule has 0 amide bonds. The Kier molecular flexibility index (Phi) is 3.90. The Bertz CT molecular complexity index is 436. The summed E-state index contributed by atoms with van der Waals surface area (Å²) in [5.74, 6) is -0.654. The molecule has 3 nitrogen and oxygen atoms in total. The van der Waals surface area contributed by atoms with Crippen LogP contribution in [-0.4, -0.2) is 11.1 Å². The molecule has 3 heteroatoms. The molecule has 0 spiro atoms. The molecule has 1 aliphatic carbocycles. The first-order chi connectivity index (χ1) is 8.59. The topological polar surface area (TPSA) is 63.3 Å². The van der Waals surface area contributed by atoms with Gasteiger partial charge in [0.15, 0.2) is 0 Å². The minimum atomic E-state index is -0.751. The lowest BCUT2D eigenvalue weighted by Gasteiger charge is -2.19. The summed E-state index contributed by atoms with van der Waals surface area (Å²) in [5, 5.41) is 9.45. The SMILES string of the molecule is Cc1cccc(C(CC2CCCC2)C(=O)O)c1N. The molecule has 1 aliphatic rings. The lowest BCUT2D eigenvalue weighted by molar-refractivity contribution is -0.139. The smallest absolute Gasteiger partial charge is 0.311 e. The number of carboxylic acids is 1. The van der Waals surface area contributed by atoms with Crippen LogP contribution in [0.2, 0.25) is 0 Å². The van der Waals surface area contributed by atoms with Gasteiger partial charge in [0.25, 0.3) is 0 Å². The van der Waals surface area contributed by atoms with Gasteiger partial charge in [-0.2, -0.15) is 0 Å². The molecule has 0 bridgehead atoms. The van der Waals surface area contributed by atoms with Gasteiger partial charge in [0.05, 0.1) is 5.92 Å². The number of hydrogen-bond acceptors (Lipinski definition) is 2. The third-order valence-corrected chi connectivity index (χ3v) is 4.08. The van der Waals surface area contributed by atoms with E-state index in [9.17, 15) is 9.90 Å². The predicted octanol–water partition coefficient (Wildman–Crippen LogP) is 3.33. The molecule has 0 radical (unpaired) electrons. The van der Waals surface area contributed by atoms with Crippen molar-refractivity contribution in [1.82, 2.24) is 0 Å². The average molecular weight is 247 g/mol. The third kappa shape index (κ3) is 2.66. The van der Waals surface area contributed by atoms with E-state index in [0.717, 1.165) is 30.4 Å². The van der Waals surface area contributed by atoms with Gasteiger partial charge >= 0.3 is 5.97 Å². The highest BCUT2D eigenvalue weighted by atomic mass is 16.4. The van der Waals surface area contributed by atoms with Crippen LogP contribution < -0.4 is 5.73 Å². The second-order valence-corrected chi connectivity index (χ2v) is 5.35. The summed E-state index contributed by atoms with van der Waals surface area (Å²) in [7, 11) is 0. The van der Waals surface area contributed by atoms with E-state index in [1.54, 1.807) is 0 Å². The first-order valence-electron chi connectivity index (χ1n) is 6.67. The first-order valence-corrected chi connectivity index (χ1v) is 6.67. The molecule has 18 heavy (non-hydrogen) atoms. The van der Waals surface area contributed by atoms with Crippen LogP contribution in [0.5, 0.6) is 0 Å². The maximum absolute atomic E-state index is 11.5. The highest BCUT2D eigenvalue weighted by Crippen LogP contribution is 2.36. The Morgan fingerprint density at radius 2 is 2.11 bits per heavy atom. The maximum Gasteiger partial charge on any atom is 0.311 e. The molecular formula is C15H21NO2. The number of carbonyl (C=O) groups is 1. The zero-order valence-corrected chi connectivity index (χ0v) is 10.9. The van der Waals surface area contributed by atoms with E-state index in [1.165, 1.54) is 12.8 Å². The van der Waals surface area contributed by atoms with E-state index in [1.807, 2.05) is 25.1 Å². The zero-order valence-electron chi connectivity index (χ0n) is 10.9. The lowest BCUT2D eigenvalue weighted by atomic mass is 9.86. The molecule has 1 atom stereocenters. The van der Waals surface area contributed by atoms with Gasteiger partial charge in [-0.3, -0.25) is 4.79 Å². The van der Waals surface area contributed by atoms with Crippen LogP contribution in [0.3, 0.4) is 0 Å². The summed E-state index contributed by atoms with van der Waals surface area (Å²) >= 11 is 0. The Morgan fingerprint density at radius 3 is 2.72 bits per heavy atom. The maximum atomic E-state index is 11.5. The highest BCUT2D eigenvalue weighted by molar-refractivity contribution is 5.79. The van der Waals surface area contributed by atoms with Crippen molar-refractivity contribution < 1.29 is 9.90 Å². The van der Waals surface area contributed by atoms with Crippen molar-refractivity contribution in [2.75, 3.05) is 5.73 Å². The number of nitrogen functional groups attached to an aromatic ring is 1. The van der Waals surface area contributed by atoms with E-state index in [0.29, 0.717) is 11.6 Å². The van der Waals surface area contributed by atoms with Gasteiger partial charge in [-0.25, -0.2) is 0 Å². The quantitative estimate of drug-likeness (QED) is 0.802. The summed E-state index contributed by atoms with van der Waals surface area (Å²) < 4.78 is 0. The van der Waals surface area contributed by atoms with Crippen molar-refractivity contribution in [2.45, 2.75) is 44.9 Å². The van der Waals surface area contributed by atoms with E-state index >= 15 is 0 Å². The number of hydrogen-bond donors (Lipinski definition) is 2. The summed E-state index contributed by atoms with van der Waals surface area (Å²) in [6.07, 6.45) is 5.52. The number of benzene rings is 1. The first kappa shape index (κ1) is 12.9. The van der Waals surface area contributed by atoms with Crippen molar-refractivity contribution in [3.8, 4) is 0 Å². The van der Waals surface area contributed by atoms with Crippen LogP contribution in [0.15, 0.2) is 18.2 Å². The second kappa shape index (κ2) is 5.42. The summed E-state index contributed by atoms with van der Waals surface area (Å²) in [6, 6.07) is 5.68. The number of para-hydroxylation sites is 1. The lowest BCUT2D eigenvalue weighted by Crippen LogP contribution is -2.17. The monoisotopic (exact) mass is 247 g/mol. The normalized spacial score (nSPS) is 17.8. The van der Waals surface area contributed by atoms with Crippen LogP contribution in [0.25, 0.3) is 0 Å². The van der Waals surface area contributed by atoms with Gasteiger partial charge in [-0.1, -0.05) is 43.9 Å². The van der Waals surface area contributed by atoms with E-state index in [2.05, 4.69) is 0 Å². The Balaban J connectivity index is 2.23. The molecule has 98 valence electrons. The molecule has 1 fully saturated rings. The number of aryl methyl sites for hydroxylation is 1.